The first-order valence-electron chi connectivity index (χ1n) is 11.1. The van der Waals surface area contributed by atoms with Crippen LogP contribution in [0.2, 0.25) is 0 Å². The molecule has 1 N–H and O–H groups in total. The zero-order chi connectivity index (χ0) is 23.5. The Morgan fingerprint density at radius 2 is 1.84 bits per heavy atom. The maximum absolute atomic E-state index is 12.2. The number of hydrogen-bond donors (Lipinski definition) is 1. The number of nitrogens with zero attached hydrogens (tertiary/aromatic N) is 1. The standard InChI is InChI=1S/C24H26N2O4.C2H6/c1-5-29-22(28)15-21(27)25-17-10-11-19-18(14-17)23(2,3)24(26(19)4)13-12-16-8-6-7-9-20(16)30-24;1-2/h6-14H,5,15H2,1-4H3,(H,25,27);1-2H3. The van der Waals surface area contributed by atoms with Gasteiger partial charge in [-0.3, -0.25) is 9.59 Å². The molecule has 6 heteroatoms. The third-order valence-electron chi connectivity index (χ3n) is 5.99. The van der Waals surface area contributed by atoms with Crippen molar-refractivity contribution >= 4 is 29.3 Å². The Kier molecular flexibility index (Phi) is 6.63. The molecule has 2 heterocycles. The molecule has 2 aliphatic heterocycles. The minimum atomic E-state index is -0.683. The van der Waals surface area contributed by atoms with Crippen molar-refractivity contribution in [3.05, 3.63) is 59.7 Å². The second kappa shape index (κ2) is 9.07. The zero-order valence-electron chi connectivity index (χ0n) is 19.7. The van der Waals surface area contributed by atoms with Gasteiger partial charge in [0, 0.05) is 24.0 Å². The molecule has 0 radical (unpaired) electrons. The number of esters is 1. The number of nitrogens with one attached hydrogen (secondary N) is 1. The number of rotatable bonds is 4. The van der Waals surface area contributed by atoms with Crippen molar-refractivity contribution in [3.8, 4) is 5.75 Å². The molecule has 0 saturated carbocycles. The van der Waals surface area contributed by atoms with Gasteiger partial charge in [0.05, 0.1) is 12.0 Å². The van der Waals surface area contributed by atoms with E-state index in [9.17, 15) is 9.59 Å². The van der Waals surface area contributed by atoms with Gasteiger partial charge in [-0.25, -0.2) is 0 Å². The number of anilines is 2. The lowest BCUT2D eigenvalue weighted by Crippen LogP contribution is -2.58. The monoisotopic (exact) mass is 436 g/mol. The number of benzene rings is 2. The molecule has 32 heavy (non-hydrogen) atoms. The van der Waals surface area contributed by atoms with Gasteiger partial charge in [0.1, 0.15) is 12.2 Å². The van der Waals surface area contributed by atoms with Crippen LogP contribution < -0.4 is 15.0 Å². The number of para-hydroxylation sites is 1. The molecule has 1 spiro atoms. The van der Waals surface area contributed by atoms with Crippen LogP contribution in [-0.4, -0.2) is 31.3 Å². The van der Waals surface area contributed by atoms with Gasteiger partial charge in [0.15, 0.2) is 0 Å². The maximum Gasteiger partial charge on any atom is 0.315 e. The minimum absolute atomic E-state index is 0.254. The number of ether oxygens (including phenoxy) is 2. The molecular weight excluding hydrogens is 404 g/mol. The fraction of sp³-hybridized carbons (Fsp3) is 0.385. The summed E-state index contributed by atoms with van der Waals surface area (Å²) in [6, 6.07) is 13.8. The highest BCUT2D eigenvalue weighted by Gasteiger charge is 2.57. The average molecular weight is 437 g/mol. The Labute approximate surface area is 190 Å². The third kappa shape index (κ3) is 3.85. The summed E-state index contributed by atoms with van der Waals surface area (Å²) in [4.78, 5) is 25.9. The lowest BCUT2D eigenvalue weighted by molar-refractivity contribution is -0.145. The fourth-order valence-corrected chi connectivity index (χ4v) is 4.38. The van der Waals surface area contributed by atoms with Crippen molar-refractivity contribution in [2.75, 3.05) is 23.9 Å². The van der Waals surface area contributed by atoms with Crippen molar-refractivity contribution in [2.24, 2.45) is 0 Å². The summed E-state index contributed by atoms with van der Waals surface area (Å²) in [6.07, 6.45) is 3.90. The quantitative estimate of drug-likeness (QED) is 0.531. The topological polar surface area (TPSA) is 67.9 Å². The first-order chi connectivity index (χ1) is 15.3. The van der Waals surface area contributed by atoms with E-state index in [-0.39, 0.29) is 13.0 Å². The minimum Gasteiger partial charge on any atom is -0.466 e. The van der Waals surface area contributed by atoms with E-state index in [1.165, 1.54) is 0 Å². The highest BCUT2D eigenvalue weighted by Crippen LogP contribution is 2.54. The Balaban J connectivity index is 0.00000141. The molecule has 2 aromatic carbocycles. The van der Waals surface area contributed by atoms with Gasteiger partial charge in [-0.2, -0.15) is 0 Å². The molecule has 0 saturated heterocycles. The van der Waals surface area contributed by atoms with E-state index in [2.05, 4.69) is 36.2 Å². The Morgan fingerprint density at radius 3 is 2.56 bits per heavy atom. The number of carbonyl (C=O) groups excluding carboxylic acids is 2. The summed E-state index contributed by atoms with van der Waals surface area (Å²) < 4.78 is 11.4. The SMILES string of the molecule is CC.CCOC(=O)CC(=O)Nc1ccc2c(c1)C(C)(C)C1(C=Cc3ccccc3O1)N2C. The van der Waals surface area contributed by atoms with Crippen LogP contribution in [0, 0.1) is 0 Å². The van der Waals surface area contributed by atoms with E-state index in [1.54, 1.807) is 6.92 Å². The van der Waals surface area contributed by atoms with Crippen LogP contribution in [0.4, 0.5) is 11.4 Å². The molecule has 2 aliphatic rings. The summed E-state index contributed by atoms with van der Waals surface area (Å²) in [6.45, 7) is 10.2. The predicted molar refractivity (Wildman–Crippen MR) is 128 cm³/mol. The molecule has 0 aromatic heterocycles. The van der Waals surface area contributed by atoms with Gasteiger partial charge in [-0.1, -0.05) is 32.0 Å². The Morgan fingerprint density at radius 1 is 1.12 bits per heavy atom. The van der Waals surface area contributed by atoms with Crippen molar-refractivity contribution in [3.63, 3.8) is 0 Å². The largest absolute Gasteiger partial charge is 0.466 e. The van der Waals surface area contributed by atoms with Gasteiger partial charge >= 0.3 is 5.97 Å². The van der Waals surface area contributed by atoms with Crippen LogP contribution in [-0.2, 0) is 19.7 Å². The van der Waals surface area contributed by atoms with Gasteiger partial charge in [0.25, 0.3) is 0 Å². The number of carbonyl (C=O) groups is 2. The van der Waals surface area contributed by atoms with Crippen molar-refractivity contribution in [1.82, 2.24) is 0 Å². The second-order valence-corrected chi connectivity index (χ2v) is 8.12. The molecule has 1 unspecified atom stereocenters. The molecule has 2 aromatic rings. The fourth-order valence-electron chi connectivity index (χ4n) is 4.38. The maximum atomic E-state index is 12.2. The van der Waals surface area contributed by atoms with E-state index in [1.807, 2.05) is 63.4 Å². The molecule has 6 nitrogen and oxygen atoms in total. The molecule has 0 fully saturated rings. The molecule has 4 rings (SSSR count). The van der Waals surface area contributed by atoms with Gasteiger partial charge in [0.2, 0.25) is 11.6 Å². The van der Waals surface area contributed by atoms with Crippen molar-refractivity contribution in [1.29, 1.82) is 0 Å². The van der Waals surface area contributed by atoms with Gasteiger partial charge in [-0.05, 0) is 62.8 Å². The summed E-state index contributed by atoms with van der Waals surface area (Å²) in [5.74, 6) is -0.0831. The Hall–Kier alpha value is -3.28. The average Bonchev–Trinajstić information content (AvgIpc) is 2.93. The van der Waals surface area contributed by atoms with Crippen LogP contribution in [0.5, 0.6) is 5.75 Å². The van der Waals surface area contributed by atoms with Gasteiger partial charge < -0.3 is 19.7 Å². The van der Waals surface area contributed by atoms with Crippen LogP contribution >= 0.6 is 0 Å². The normalized spacial score (nSPS) is 19.2. The molecule has 0 bridgehead atoms. The molecule has 1 amide bonds. The lowest BCUT2D eigenvalue weighted by Gasteiger charge is -2.45. The summed E-state index contributed by atoms with van der Waals surface area (Å²) >= 11 is 0. The van der Waals surface area contributed by atoms with Crippen LogP contribution in [0.15, 0.2) is 48.5 Å². The van der Waals surface area contributed by atoms with E-state index < -0.39 is 23.0 Å². The van der Waals surface area contributed by atoms with Crippen LogP contribution in [0.3, 0.4) is 0 Å². The number of amides is 1. The van der Waals surface area contributed by atoms with Crippen molar-refractivity contribution in [2.45, 2.75) is 52.2 Å². The smallest absolute Gasteiger partial charge is 0.315 e. The van der Waals surface area contributed by atoms with Crippen molar-refractivity contribution < 1.29 is 19.1 Å². The highest BCUT2D eigenvalue weighted by atomic mass is 16.5. The Bertz CT molecular complexity index is 1040. The molecule has 0 aliphatic carbocycles. The van der Waals surface area contributed by atoms with E-state index in [0.717, 1.165) is 22.6 Å². The lowest BCUT2D eigenvalue weighted by atomic mass is 9.76. The highest BCUT2D eigenvalue weighted by molar-refractivity contribution is 6.02. The zero-order valence-corrected chi connectivity index (χ0v) is 19.7. The van der Waals surface area contributed by atoms with Crippen LogP contribution in [0.25, 0.3) is 6.08 Å². The first-order valence-corrected chi connectivity index (χ1v) is 11.1. The molecule has 170 valence electrons. The van der Waals surface area contributed by atoms with E-state index >= 15 is 0 Å². The number of likely N-dealkylation sites (N-methyl/N-ethyl adjacent to an activating group) is 1. The summed E-state index contributed by atoms with van der Waals surface area (Å²) in [7, 11) is 2.02. The number of hydrogen-bond acceptors (Lipinski definition) is 5. The second-order valence-electron chi connectivity index (χ2n) is 8.12. The summed E-state index contributed by atoms with van der Waals surface area (Å²) in [5.41, 5.74) is 2.70. The first kappa shape index (κ1) is 23.4. The number of fused-ring (bicyclic) bond motifs is 2. The van der Waals surface area contributed by atoms with E-state index in [0.29, 0.717) is 5.69 Å². The van der Waals surface area contributed by atoms with Gasteiger partial charge in [-0.15, -0.1) is 0 Å². The predicted octanol–water partition coefficient (Wildman–Crippen LogP) is 5.13. The van der Waals surface area contributed by atoms with E-state index in [4.69, 9.17) is 9.47 Å². The third-order valence-corrected chi connectivity index (χ3v) is 5.99. The van der Waals surface area contributed by atoms with Crippen LogP contribution in [0.1, 0.15) is 52.2 Å². The molecular formula is C26H32N2O4. The summed E-state index contributed by atoms with van der Waals surface area (Å²) in [5, 5.41) is 2.80. The molecule has 1 atom stereocenters.